The molecule has 0 N–H and O–H groups in total. The van der Waals surface area contributed by atoms with Gasteiger partial charge in [0.1, 0.15) is 5.82 Å². The van der Waals surface area contributed by atoms with Crippen LogP contribution in [0.5, 0.6) is 0 Å². The first kappa shape index (κ1) is 18.2. The fourth-order valence-electron chi connectivity index (χ4n) is 3.19. The average Bonchev–Trinajstić information content (AvgIpc) is 3.13. The van der Waals surface area contributed by atoms with Gasteiger partial charge in [-0.05, 0) is 18.9 Å². The van der Waals surface area contributed by atoms with E-state index < -0.39 is 0 Å². The molecule has 0 aromatic carbocycles. The number of hydrogen-bond donors (Lipinski definition) is 0. The van der Waals surface area contributed by atoms with E-state index in [9.17, 15) is 4.79 Å². The molecule has 26 heavy (non-hydrogen) atoms. The quantitative estimate of drug-likeness (QED) is 0.773. The lowest BCUT2D eigenvalue weighted by molar-refractivity contribution is -0.129. The van der Waals surface area contributed by atoms with Crippen molar-refractivity contribution >= 4 is 17.7 Å². The Kier molecular flexibility index (Phi) is 5.39. The van der Waals surface area contributed by atoms with E-state index in [0.29, 0.717) is 12.5 Å². The van der Waals surface area contributed by atoms with Crippen LogP contribution in [0.4, 0.5) is 11.8 Å². The molecule has 8 heteroatoms. The van der Waals surface area contributed by atoms with Crippen LogP contribution < -0.4 is 9.80 Å². The maximum Gasteiger partial charge on any atom is 0.227 e. The maximum absolute atomic E-state index is 11.8. The predicted octanol–water partition coefficient (Wildman–Crippen LogP) is 1.17. The summed E-state index contributed by atoms with van der Waals surface area (Å²) in [6.45, 7) is 4.65. The second-order valence-corrected chi connectivity index (χ2v) is 6.90. The minimum Gasteiger partial charge on any atom is -0.359 e. The lowest BCUT2D eigenvalue weighted by Gasteiger charge is -2.31. The third-order valence-corrected chi connectivity index (χ3v) is 4.68. The molecule has 0 unspecified atom stereocenters. The Morgan fingerprint density at radius 2 is 2.08 bits per heavy atom. The van der Waals surface area contributed by atoms with Crippen LogP contribution in [0.25, 0.3) is 0 Å². The van der Waals surface area contributed by atoms with Crippen LogP contribution in [0.2, 0.25) is 0 Å². The van der Waals surface area contributed by atoms with Gasteiger partial charge in [0.15, 0.2) is 0 Å². The molecule has 1 amide bonds. The van der Waals surface area contributed by atoms with Crippen LogP contribution in [0.3, 0.4) is 0 Å². The monoisotopic (exact) mass is 357 g/mol. The topological polar surface area (TPSA) is 70.4 Å². The van der Waals surface area contributed by atoms with Crippen LogP contribution in [0.15, 0.2) is 18.5 Å². The van der Waals surface area contributed by atoms with Crippen molar-refractivity contribution in [3.63, 3.8) is 0 Å². The molecule has 2 aromatic rings. The first-order valence-corrected chi connectivity index (χ1v) is 8.97. The van der Waals surface area contributed by atoms with E-state index in [4.69, 9.17) is 4.98 Å². The number of nitrogens with zero attached hydrogens (tertiary/aromatic N) is 7. The molecule has 0 bridgehead atoms. The highest BCUT2D eigenvalue weighted by molar-refractivity contribution is 5.73. The van der Waals surface area contributed by atoms with Gasteiger partial charge in [0.2, 0.25) is 11.9 Å². The van der Waals surface area contributed by atoms with Crippen LogP contribution >= 0.6 is 0 Å². The second kappa shape index (κ2) is 7.72. The molecule has 140 valence electrons. The Hall–Kier alpha value is -2.64. The molecule has 0 fully saturated rings. The minimum absolute atomic E-state index is 0.0924. The highest BCUT2D eigenvalue weighted by Gasteiger charge is 2.25. The van der Waals surface area contributed by atoms with E-state index >= 15 is 0 Å². The number of anilines is 2. The summed E-state index contributed by atoms with van der Waals surface area (Å²) in [6, 6.07) is 1.94. The number of fused-ring (bicyclic) bond motifs is 1. The van der Waals surface area contributed by atoms with Crippen molar-refractivity contribution in [2.24, 2.45) is 0 Å². The highest BCUT2D eigenvalue weighted by Crippen LogP contribution is 2.28. The van der Waals surface area contributed by atoms with Crippen molar-refractivity contribution in [1.82, 2.24) is 24.6 Å². The number of hydrogen-bond acceptors (Lipinski definition) is 6. The summed E-state index contributed by atoms with van der Waals surface area (Å²) in [4.78, 5) is 27.2. The second-order valence-electron chi connectivity index (χ2n) is 6.90. The number of aryl methyl sites for hydroxylation is 1. The number of rotatable bonds is 6. The van der Waals surface area contributed by atoms with Gasteiger partial charge in [-0.1, -0.05) is 0 Å². The Labute approximate surface area is 154 Å². The van der Waals surface area contributed by atoms with E-state index in [-0.39, 0.29) is 5.91 Å². The number of carbonyl (C=O) groups is 1. The predicted molar refractivity (Wildman–Crippen MR) is 101 cm³/mol. The van der Waals surface area contributed by atoms with E-state index in [2.05, 4.69) is 22.0 Å². The summed E-state index contributed by atoms with van der Waals surface area (Å²) < 4.78 is 1.94. The lowest BCUT2D eigenvalue weighted by atomic mass is 10.0. The molecule has 1 aliphatic rings. The highest BCUT2D eigenvalue weighted by atomic mass is 16.2. The Morgan fingerprint density at radius 1 is 1.27 bits per heavy atom. The van der Waals surface area contributed by atoms with Crippen LogP contribution in [0.1, 0.15) is 24.6 Å². The Bertz CT molecular complexity index is 757. The summed E-state index contributed by atoms with van der Waals surface area (Å²) in [5.41, 5.74) is 2.12. The average molecular weight is 357 g/mol. The smallest absolute Gasteiger partial charge is 0.227 e. The van der Waals surface area contributed by atoms with Crippen molar-refractivity contribution in [3.8, 4) is 0 Å². The zero-order chi connectivity index (χ0) is 18.7. The zero-order valence-electron chi connectivity index (χ0n) is 16.0. The van der Waals surface area contributed by atoms with E-state index in [1.807, 2.05) is 40.8 Å². The number of carbonyl (C=O) groups excluding carboxylic acids is 1. The Morgan fingerprint density at radius 3 is 2.73 bits per heavy atom. The molecule has 1 aliphatic heterocycles. The molecule has 0 radical (unpaired) electrons. The van der Waals surface area contributed by atoms with Crippen LogP contribution in [0, 0.1) is 0 Å². The van der Waals surface area contributed by atoms with Gasteiger partial charge in [-0.25, -0.2) is 4.98 Å². The largest absolute Gasteiger partial charge is 0.359 e. The summed E-state index contributed by atoms with van der Waals surface area (Å²) >= 11 is 0. The Balaban J connectivity index is 1.79. The van der Waals surface area contributed by atoms with Gasteiger partial charge in [-0.15, -0.1) is 0 Å². The molecular weight excluding hydrogens is 330 g/mol. The molecule has 3 heterocycles. The third-order valence-electron chi connectivity index (χ3n) is 4.68. The molecule has 0 saturated carbocycles. The summed E-state index contributed by atoms with van der Waals surface area (Å²) in [6.07, 6.45) is 5.55. The first-order chi connectivity index (χ1) is 12.5. The van der Waals surface area contributed by atoms with Crippen molar-refractivity contribution in [2.45, 2.75) is 32.9 Å². The first-order valence-electron chi connectivity index (χ1n) is 8.97. The van der Waals surface area contributed by atoms with Gasteiger partial charge in [0.05, 0.1) is 12.2 Å². The molecule has 2 aromatic heterocycles. The maximum atomic E-state index is 11.8. The molecule has 8 nitrogen and oxygen atoms in total. The number of amides is 1. The van der Waals surface area contributed by atoms with E-state index in [0.717, 1.165) is 49.6 Å². The van der Waals surface area contributed by atoms with Crippen molar-refractivity contribution in [2.75, 3.05) is 44.0 Å². The molecule has 3 rings (SSSR count). The van der Waals surface area contributed by atoms with Gasteiger partial charge < -0.3 is 14.7 Å². The fourth-order valence-corrected chi connectivity index (χ4v) is 3.19. The normalized spacial score (nSPS) is 13.5. The van der Waals surface area contributed by atoms with Gasteiger partial charge in [0, 0.05) is 65.7 Å². The van der Waals surface area contributed by atoms with E-state index in [1.54, 1.807) is 13.1 Å². The van der Waals surface area contributed by atoms with Crippen molar-refractivity contribution in [3.05, 3.63) is 29.7 Å². The van der Waals surface area contributed by atoms with E-state index in [1.165, 1.54) is 0 Å². The third kappa shape index (κ3) is 3.95. The summed E-state index contributed by atoms with van der Waals surface area (Å²) in [7, 11) is 5.95. The van der Waals surface area contributed by atoms with Gasteiger partial charge >= 0.3 is 0 Å². The molecule has 0 saturated heterocycles. The van der Waals surface area contributed by atoms with Crippen LogP contribution in [-0.4, -0.2) is 64.8 Å². The van der Waals surface area contributed by atoms with Crippen molar-refractivity contribution < 1.29 is 4.79 Å². The summed E-state index contributed by atoms with van der Waals surface area (Å²) in [5.74, 6) is 1.75. The van der Waals surface area contributed by atoms with Crippen molar-refractivity contribution in [1.29, 1.82) is 0 Å². The fraction of sp³-hybridized carbons (Fsp3) is 0.556. The standard InChI is InChI=1S/C18H27N7O/c1-14(26)24-12-7-15-16(13-24)20-18(22(2)3)21-17(15)23(4)9-6-11-25-10-5-8-19-25/h5,8,10H,6-7,9,11-13H2,1-4H3. The minimum atomic E-state index is 0.0924. The molecule has 0 aliphatic carbocycles. The van der Waals surface area contributed by atoms with Crippen LogP contribution in [-0.2, 0) is 24.3 Å². The SMILES string of the molecule is CC(=O)N1CCc2c(nc(N(C)C)nc2N(C)CCCn2cccn2)C1. The number of aromatic nitrogens is 4. The molecular formula is C18H27N7O. The van der Waals surface area contributed by atoms with Gasteiger partial charge in [-0.3, -0.25) is 9.48 Å². The molecule has 0 atom stereocenters. The summed E-state index contributed by atoms with van der Waals surface area (Å²) in [5, 5.41) is 4.25. The zero-order valence-corrected chi connectivity index (χ0v) is 16.0. The van der Waals surface area contributed by atoms with Gasteiger partial charge in [0.25, 0.3) is 0 Å². The molecule has 0 spiro atoms. The lowest BCUT2D eigenvalue weighted by Crippen LogP contribution is -2.37. The van der Waals surface area contributed by atoms with Gasteiger partial charge in [-0.2, -0.15) is 10.1 Å².